The molecule has 0 bridgehead atoms. The minimum atomic E-state index is -0.728. The number of aliphatic hydroxyl groups is 1. The lowest BCUT2D eigenvalue weighted by atomic mass is 9.77. The van der Waals surface area contributed by atoms with Gasteiger partial charge < -0.3 is 9.84 Å². The number of ether oxygens (including phenoxy) is 1. The standard InChI is InChI=1S/C16H24O2/c1-4-13-7-6-8-14(11-13)16(17)9-10-18-15(3,5-2)12-16/h6-8,11,17H,4-5,9-10,12H2,1-3H3. The van der Waals surface area contributed by atoms with E-state index in [1.54, 1.807) is 0 Å². The molecule has 2 rings (SSSR count). The summed E-state index contributed by atoms with van der Waals surface area (Å²) < 4.78 is 5.83. The molecule has 1 saturated heterocycles. The van der Waals surface area contributed by atoms with Gasteiger partial charge in [-0.1, -0.05) is 38.1 Å². The largest absolute Gasteiger partial charge is 0.385 e. The summed E-state index contributed by atoms with van der Waals surface area (Å²) in [5, 5.41) is 10.9. The highest BCUT2D eigenvalue weighted by atomic mass is 16.5. The third-order valence-corrected chi connectivity index (χ3v) is 4.25. The number of rotatable bonds is 3. The van der Waals surface area contributed by atoms with Crippen LogP contribution in [0.25, 0.3) is 0 Å². The van der Waals surface area contributed by atoms with E-state index >= 15 is 0 Å². The van der Waals surface area contributed by atoms with E-state index in [1.165, 1.54) is 5.56 Å². The Morgan fingerprint density at radius 2 is 2.11 bits per heavy atom. The fourth-order valence-electron chi connectivity index (χ4n) is 2.78. The second-order valence-corrected chi connectivity index (χ2v) is 5.66. The van der Waals surface area contributed by atoms with Gasteiger partial charge in [-0.2, -0.15) is 0 Å². The second-order valence-electron chi connectivity index (χ2n) is 5.66. The Kier molecular flexibility index (Phi) is 3.79. The number of hydrogen-bond acceptors (Lipinski definition) is 2. The summed E-state index contributed by atoms with van der Waals surface area (Å²) in [6.45, 7) is 7.00. The van der Waals surface area contributed by atoms with Crippen molar-refractivity contribution in [3.63, 3.8) is 0 Å². The zero-order chi connectivity index (χ0) is 13.2. The third kappa shape index (κ3) is 2.60. The lowest BCUT2D eigenvalue weighted by Gasteiger charge is -2.43. The minimum Gasteiger partial charge on any atom is -0.385 e. The molecule has 2 unspecified atom stereocenters. The van der Waals surface area contributed by atoms with Crippen LogP contribution in [0.4, 0.5) is 0 Å². The maximum atomic E-state index is 10.9. The molecule has 1 aromatic rings. The monoisotopic (exact) mass is 248 g/mol. The van der Waals surface area contributed by atoms with Crippen molar-refractivity contribution in [3.8, 4) is 0 Å². The highest BCUT2D eigenvalue weighted by Gasteiger charge is 2.42. The van der Waals surface area contributed by atoms with Crippen LogP contribution >= 0.6 is 0 Å². The average molecular weight is 248 g/mol. The van der Waals surface area contributed by atoms with E-state index in [0.717, 1.165) is 18.4 Å². The van der Waals surface area contributed by atoms with Crippen molar-refractivity contribution in [2.75, 3.05) is 6.61 Å². The van der Waals surface area contributed by atoms with E-state index in [1.807, 2.05) is 12.1 Å². The predicted molar refractivity (Wildman–Crippen MR) is 73.6 cm³/mol. The van der Waals surface area contributed by atoms with Crippen LogP contribution in [0.1, 0.15) is 51.2 Å². The predicted octanol–water partition coefficient (Wildman–Crippen LogP) is 3.42. The van der Waals surface area contributed by atoms with E-state index in [2.05, 4.69) is 32.9 Å². The lowest BCUT2D eigenvalue weighted by Crippen LogP contribution is -2.45. The first kappa shape index (κ1) is 13.6. The number of aryl methyl sites for hydroxylation is 1. The smallest absolute Gasteiger partial charge is 0.0945 e. The minimum absolute atomic E-state index is 0.199. The summed E-state index contributed by atoms with van der Waals surface area (Å²) >= 11 is 0. The summed E-state index contributed by atoms with van der Waals surface area (Å²) in [7, 11) is 0. The molecule has 2 heteroatoms. The van der Waals surface area contributed by atoms with Gasteiger partial charge in [-0.25, -0.2) is 0 Å². The first-order chi connectivity index (χ1) is 8.51. The van der Waals surface area contributed by atoms with Gasteiger partial charge in [0.1, 0.15) is 0 Å². The summed E-state index contributed by atoms with van der Waals surface area (Å²) in [5.74, 6) is 0. The molecule has 1 fully saturated rings. The van der Waals surface area contributed by atoms with Crippen LogP contribution in [-0.4, -0.2) is 17.3 Å². The van der Waals surface area contributed by atoms with Gasteiger partial charge in [0.25, 0.3) is 0 Å². The molecule has 1 N–H and O–H groups in total. The van der Waals surface area contributed by atoms with Crippen molar-refractivity contribution in [2.45, 2.75) is 57.7 Å². The molecule has 18 heavy (non-hydrogen) atoms. The molecular formula is C16H24O2. The second kappa shape index (κ2) is 5.02. The van der Waals surface area contributed by atoms with Gasteiger partial charge in [0.05, 0.1) is 17.8 Å². The van der Waals surface area contributed by atoms with Gasteiger partial charge in [-0.15, -0.1) is 0 Å². The fourth-order valence-corrected chi connectivity index (χ4v) is 2.78. The van der Waals surface area contributed by atoms with Crippen molar-refractivity contribution in [3.05, 3.63) is 35.4 Å². The molecule has 0 amide bonds. The highest BCUT2D eigenvalue weighted by molar-refractivity contribution is 5.29. The van der Waals surface area contributed by atoms with Crippen molar-refractivity contribution < 1.29 is 9.84 Å². The highest BCUT2D eigenvalue weighted by Crippen LogP contribution is 2.41. The molecule has 0 aromatic heterocycles. The Labute approximate surface area is 110 Å². The van der Waals surface area contributed by atoms with E-state index in [4.69, 9.17) is 4.74 Å². The van der Waals surface area contributed by atoms with Gasteiger partial charge in [0, 0.05) is 12.8 Å². The topological polar surface area (TPSA) is 29.5 Å². The van der Waals surface area contributed by atoms with Gasteiger partial charge in [0.15, 0.2) is 0 Å². The van der Waals surface area contributed by atoms with Crippen LogP contribution < -0.4 is 0 Å². The van der Waals surface area contributed by atoms with E-state index in [9.17, 15) is 5.11 Å². The maximum Gasteiger partial charge on any atom is 0.0945 e. The zero-order valence-corrected chi connectivity index (χ0v) is 11.7. The van der Waals surface area contributed by atoms with Crippen molar-refractivity contribution in [1.82, 2.24) is 0 Å². The molecule has 1 aliphatic rings. The van der Waals surface area contributed by atoms with E-state index in [0.29, 0.717) is 19.4 Å². The van der Waals surface area contributed by atoms with Crippen molar-refractivity contribution in [2.24, 2.45) is 0 Å². The molecule has 2 nitrogen and oxygen atoms in total. The van der Waals surface area contributed by atoms with E-state index < -0.39 is 5.60 Å². The van der Waals surface area contributed by atoms with Crippen LogP contribution in [-0.2, 0) is 16.8 Å². The average Bonchev–Trinajstić information content (AvgIpc) is 2.39. The molecule has 0 radical (unpaired) electrons. The van der Waals surface area contributed by atoms with Crippen LogP contribution in [0.3, 0.4) is 0 Å². The molecule has 100 valence electrons. The van der Waals surface area contributed by atoms with Crippen LogP contribution in [0, 0.1) is 0 Å². The Balaban J connectivity index is 2.29. The van der Waals surface area contributed by atoms with Gasteiger partial charge in [0.2, 0.25) is 0 Å². The molecule has 1 aromatic carbocycles. The first-order valence-corrected chi connectivity index (χ1v) is 6.97. The molecule has 0 spiro atoms. The molecule has 1 heterocycles. The Morgan fingerprint density at radius 3 is 2.78 bits per heavy atom. The molecular weight excluding hydrogens is 224 g/mol. The third-order valence-electron chi connectivity index (χ3n) is 4.25. The summed E-state index contributed by atoms with van der Waals surface area (Å²) in [6, 6.07) is 8.35. The molecule has 2 atom stereocenters. The Hall–Kier alpha value is -0.860. The summed E-state index contributed by atoms with van der Waals surface area (Å²) in [5.41, 5.74) is 1.40. The summed E-state index contributed by atoms with van der Waals surface area (Å²) in [6.07, 6.45) is 3.31. The normalized spacial score (nSPS) is 32.4. The van der Waals surface area contributed by atoms with Gasteiger partial charge in [-0.3, -0.25) is 0 Å². The number of hydrogen-bond donors (Lipinski definition) is 1. The first-order valence-electron chi connectivity index (χ1n) is 6.97. The van der Waals surface area contributed by atoms with Gasteiger partial charge >= 0.3 is 0 Å². The quantitative estimate of drug-likeness (QED) is 0.888. The van der Waals surface area contributed by atoms with Crippen molar-refractivity contribution in [1.29, 1.82) is 0 Å². The van der Waals surface area contributed by atoms with Gasteiger partial charge in [-0.05, 0) is 30.9 Å². The molecule has 0 aliphatic carbocycles. The Morgan fingerprint density at radius 1 is 1.33 bits per heavy atom. The Bertz CT molecular complexity index is 415. The van der Waals surface area contributed by atoms with Crippen LogP contribution in [0.15, 0.2) is 24.3 Å². The fraction of sp³-hybridized carbons (Fsp3) is 0.625. The number of benzene rings is 1. The molecule has 0 saturated carbocycles. The van der Waals surface area contributed by atoms with E-state index in [-0.39, 0.29) is 5.60 Å². The zero-order valence-electron chi connectivity index (χ0n) is 11.7. The van der Waals surface area contributed by atoms with Crippen molar-refractivity contribution >= 4 is 0 Å². The maximum absolute atomic E-state index is 10.9. The van der Waals surface area contributed by atoms with Crippen LogP contribution in [0.5, 0.6) is 0 Å². The summed E-state index contributed by atoms with van der Waals surface area (Å²) in [4.78, 5) is 0. The van der Waals surface area contributed by atoms with Crippen LogP contribution in [0.2, 0.25) is 0 Å². The SMILES string of the molecule is CCc1cccc(C2(O)CCOC(C)(CC)C2)c1. The lowest BCUT2D eigenvalue weighted by molar-refractivity contribution is -0.157. The molecule has 1 aliphatic heterocycles.